The molecule has 0 saturated heterocycles. The van der Waals surface area contributed by atoms with E-state index in [1.807, 2.05) is 37.3 Å². The van der Waals surface area contributed by atoms with Gasteiger partial charge in [-0.1, -0.05) is 18.2 Å². The summed E-state index contributed by atoms with van der Waals surface area (Å²) in [6.07, 6.45) is 0. The highest BCUT2D eigenvalue weighted by Crippen LogP contribution is 2.23. The number of nitrogens with one attached hydrogen (secondary N) is 2. The zero-order chi connectivity index (χ0) is 17.1. The van der Waals surface area contributed by atoms with Gasteiger partial charge >= 0.3 is 6.03 Å². The number of urea groups is 1. The molecule has 0 unspecified atom stereocenters. The van der Waals surface area contributed by atoms with Gasteiger partial charge < -0.3 is 10.6 Å². The molecule has 1 aromatic heterocycles. The number of hydrogen-bond donors (Lipinski definition) is 2. The van der Waals surface area contributed by atoms with Gasteiger partial charge in [0.15, 0.2) is 5.78 Å². The van der Waals surface area contributed by atoms with Crippen molar-refractivity contribution >= 4 is 34.1 Å². The number of nitrogens with zero attached hydrogens (tertiary/aromatic N) is 1. The third-order valence-electron chi connectivity index (χ3n) is 3.64. The van der Waals surface area contributed by atoms with E-state index in [1.54, 1.807) is 24.3 Å². The van der Waals surface area contributed by atoms with Crippen molar-refractivity contribution in [1.82, 2.24) is 4.98 Å². The van der Waals surface area contributed by atoms with E-state index in [-0.39, 0.29) is 11.8 Å². The molecule has 0 aliphatic carbocycles. The molecule has 24 heavy (non-hydrogen) atoms. The first-order valence-electron chi connectivity index (χ1n) is 7.58. The van der Waals surface area contributed by atoms with Gasteiger partial charge in [0, 0.05) is 22.3 Å². The number of carbonyl (C=O) groups is 2. The Morgan fingerprint density at radius 1 is 0.958 bits per heavy atom. The normalized spacial score (nSPS) is 10.4. The number of aryl methyl sites for hydroxylation is 1. The zero-order valence-corrected chi connectivity index (χ0v) is 13.5. The van der Waals surface area contributed by atoms with Crippen molar-refractivity contribution in [3.63, 3.8) is 0 Å². The predicted octanol–water partition coefficient (Wildman–Crippen LogP) is 4.39. The molecular weight excluding hydrogens is 302 g/mol. The lowest BCUT2D eigenvalue weighted by atomic mass is 10.1. The van der Waals surface area contributed by atoms with Crippen LogP contribution < -0.4 is 10.6 Å². The van der Waals surface area contributed by atoms with Crippen molar-refractivity contribution in [2.45, 2.75) is 13.8 Å². The topological polar surface area (TPSA) is 71.1 Å². The van der Waals surface area contributed by atoms with Crippen molar-refractivity contribution in [2.75, 3.05) is 10.6 Å². The van der Waals surface area contributed by atoms with Gasteiger partial charge in [-0.3, -0.25) is 9.78 Å². The average Bonchev–Trinajstić information content (AvgIpc) is 2.55. The van der Waals surface area contributed by atoms with Crippen LogP contribution in [-0.4, -0.2) is 16.8 Å². The Hall–Kier alpha value is -3.21. The van der Waals surface area contributed by atoms with Crippen LogP contribution in [0.3, 0.4) is 0 Å². The van der Waals surface area contributed by atoms with Crippen LogP contribution in [0.25, 0.3) is 10.9 Å². The number of fused-ring (bicyclic) bond motifs is 1. The Morgan fingerprint density at radius 2 is 1.67 bits per heavy atom. The second-order valence-electron chi connectivity index (χ2n) is 5.54. The summed E-state index contributed by atoms with van der Waals surface area (Å²) in [5.74, 6) is -0.00951. The number of hydrogen-bond acceptors (Lipinski definition) is 3. The maximum absolute atomic E-state index is 12.2. The van der Waals surface area contributed by atoms with Crippen LogP contribution in [0.1, 0.15) is 23.0 Å². The molecule has 3 rings (SSSR count). The number of ketones is 1. The molecule has 2 aromatic carbocycles. The van der Waals surface area contributed by atoms with E-state index in [0.717, 1.165) is 16.6 Å². The lowest BCUT2D eigenvalue weighted by Crippen LogP contribution is -2.19. The lowest BCUT2D eigenvalue weighted by Gasteiger charge is -2.11. The van der Waals surface area contributed by atoms with Crippen LogP contribution >= 0.6 is 0 Å². The lowest BCUT2D eigenvalue weighted by molar-refractivity contribution is 0.101. The Kier molecular flexibility index (Phi) is 4.24. The highest BCUT2D eigenvalue weighted by molar-refractivity contribution is 6.05. The maximum atomic E-state index is 12.2. The first-order chi connectivity index (χ1) is 11.5. The van der Waals surface area contributed by atoms with E-state index in [1.165, 1.54) is 6.92 Å². The summed E-state index contributed by atoms with van der Waals surface area (Å²) < 4.78 is 0. The summed E-state index contributed by atoms with van der Waals surface area (Å²) in [5.41, 5.74) is 3.59. The number of pyridine rings is 1. The highest BCUT2D eigenvalue weighted by Gasteiger charge is 2.08. The summed E-state index contributed by atoms with van der Waals surface area (Å²) in [6, 6.07) is 15.9. The average molecular weight is 319 g/mol. The minimum Gasteiger partial charge on any atom is -0.308 e. The number of carbonyl (C=O) groups excluding carboxylic acids is 2. The van der Waals surface area contributed by atoms with Crippen LogP contribution in [0.15, 0.2) is 54.6 Å². The summed E-state index contributed by atoms with van der Waals surface area (Å²) in [5, 5.41) is 6.49. The monoisotopic (exact) mass is 319 g/mol. The molecule has 0 fully saturated rings. The van der Waals surface area contributed by atoms with Crippen molar-refractivity contribution in [1.29, 1.82) is 0 Å². The van der Waals surface area contributed by atoms with Crippen LogP contribution in [0.2, 0.25) is 0 Å². The Labute approximate surface area is 139 Å². The smallest absolute Gasteiger partial charge is 0.308 e. The SMILES string of the molecule is CC(=O)c1ccc(NC(=O)Nc2cc(C)nc3ccccc23)cc1. The fourth-order valence-electron chi connectivity index (χ4n) is 2.48. The quantitative estimate of drug-likeness (QED) is 0.703. The Morgan fingerprint density at radius 3 is 2.38 bits per heavy atom. The van der Waals surface area contributed by atoms with Crippen molar-refractivity contribution in [3.8, 4) is 0 Å². The van der Waals surface area contributed by atoms with E-state index < -0.39 is 0 Å². The minimum atomic E-state index is -0.346. The molecule has 0 bridgehead atoms. The summed E-state index contributed by atoms with van der Waals surface area (Å²) in [4.78, 5) is 28.0. The number of para-hydroxylation sites is 1. The van der Waals surface area contributed by atoms with Gasteiger partial charge in [0.2, 0.25) is 0 Å². The van der Waals surface area contributed by atoms with E-state index in [0.29, 0.717) is 16.9 Å². The Balaban J connectivity index is 1.79. The fraction of sp³-hybridized carbons (Fsp3) is 0.105. The van der Waals surface area contributed by atoms with Gasteiger partial charge in [0.05, 0.1) is 11.2 Å². The molecule has 5 heteroatoms. The number of rotatable bonds is 3. The Bertz CT molecular complexity index is 918. The molecule has 0 radical (unpaired) electrons. The summed E-state index contributed by atoms with van der Waals surface area (Å²) in [7, 11) is 0. The molecule has 1 heterocycles. The molecule has 120 valence electrons. The molecule has 0 atom stereocenters. The van der Waals surface area contributed by atoms with Crippen LogP contribution in [0.4, 0.5) is 16.2 Å². The second kappa shape index (κ2) is 6.50. The van der Waals surface area contributed by atoms with Gasteiger partial charge in [-0.05, 0) is 50.2 Å². The second-order valence-corrected chi connectivity index (χ2v) is 5.54. The molecule has 0 aliphatic heterocycles. The van der Waals surface area contributed by atoms with Gasteiger partial charge in [-0.15, -0.1) is 0 Å². The largest absolute Gasteiger partial charge is 0.323 e. The standard InChI is InChI=1S/C19H17N3O2/c1-12-11-18(16-5-3-4-6-17(16)20-12)22-19(24)21-15-9-7-14(8-10-15)13(2)23/h3-11H,1-2H3,(H2,20,21,22,24). The van der Waals surface area contributed by atoms with E-state index in [9.17, 15) is 9.59 Å². The highest BCUT2D eigenvalue weighted by atomic mass is 16.2. The molecule has 0 aliphatic rings. The molecule has 3 aromatic rings. The first-order valence-corrected chi connectivity index (χ1v) is 7.58. The van der Waals surface area contributed by atoms with Crippen LogP contribution in [0.5, 0.6) is 0 Å². The zero-order valence-electron chi connectivity index (χ0n) is 13.5. The van der Waals surface area contributed by atoms with Crippen LogP contribution in [-0.2, 0) is 0 Å². The van der Waals surface area contributed by atoms with Gasteiger partial charge in [-0.25, -0.2) is 4.79 Å². The van der Waals surface area contributed by atoms with Gasteiger partial charge in [0.1, 0.15) is 0 Å². The molecule has 2 amide bonds. The van der Waals surface area contributed by atoms with E-state index in [2.05, 4.69) is 15.6 Å². The van der Waals surface area contributed by atoms with Crippen LogP contribution in [0, 0.1) is 6.92 Å². The van der Waals surface area contributed by atoms with Crippen molar-refractivity contribution in [3.05, 3.63) is 65.9 Å². The number of amides is 2. The third kappa shape index (κ3) is 3.41. The molecule has 2 N–H and O–H groups in total. The predicted molar refractivity (Wildman–Crippen MR) is 95.6 cm³/mol. The molecule has 0 spiro atoms. The number of anilines is 2. The molecule has 0 saturated carbocycles. The van der Waals surface area contributed by atoms with E-state index >= 15 is 0 Å². The number of aromatic nitrogens is 1. The third-order valence-corrected chi connectivity index (χ3v) is 3.64. The first kappa shape index (κ1) is 15.7. The van der Waals surface area contributed by atoms with E-state index in [4.69, 9.17) is 0 Å². The minimum absolute atomic E-state index is 0.00951. The van der Waals surface area contributed by atoms with Crippen molar-refractivity contribution in [2.24, 2.45) is 0 Å². The van der Waals surface area contributed by atoms with Gasteiger partial charge in [-0.2, -0.15) is 0 Å². The summed E-state index contributed by atoms with van der Waals surface area (Å²) in [6.45, 7) is 3.39. The maximum Gasteiger partial charge on any atom is 0.323 e. The van der Waals surface area contributed by atoms with Gasteiger partial charge in [0.25, 0.3) is 0 Å². The molecular formula is C19H17N3O2. The number of benzene rings is 2. The van der Waals surface area contributed by atoms with Crippen molar-refractivity contribution < 1.29 is 9.59 Å². The summed E-state index contributed by atoms with van der Waals surface area (Å²) >= 11 is 0. The fourth-order valence-corrected chi connectivity index (χ4v) is 2.48. The molecule has 5 nitrogen and oxygen atoms in total. The number of Topliss-reactive ketones (excluding diaryl/α,β-unsaturated/α-hetero) is 1.